The van der Waals surface area contributed by atoms with Crippen molar-refractivity contribution >= 4 is 11.9 Å². The van der Waals surface area contributed by atoms with E-state index in [1.807, 2.05) is 19.1 Å². The summed E-state index contributed by atoms with van der Waals surface area (Å²) in [5, 5.41) is 0. The fraction of sp³-hybridized carbons (Fsp3) is 0.176. The molecule has 1 heterocycles. The molecule has 0 radical (unpaired) electrons. The molecule has 0 saturated heterocycles. The van der Waals surface area contributed by atoms with E-state index in [0.717, 1.165) is 11.1 Å². The summed E-state index contributed by atoms with van der Waals surface area (Å²) in [6, 6.07) is 7.18. The van der Waals surface area contributed by atoms with E-state index in [1.54, 1.807) is 44.8 Å². The van der Waals surface area contributed by atoms with Gasteiger partial charge in [0.05, 0.1) is 14.2 Å². The molecule has 0 bridgehead atoms. The van der Waals surface area contributed by atoms with E-state index in [2.05, 4.69) is 4.98 Å². The maximum atomic E-state index is 12.1. The Morgan fingerprint density at radius 1 is 1.05 bits per heavy atom. The number of carbonyl (C=O) groups excluding carboxylic acids is 1. The maximum absolute atomic E-state index is 12.1. The van der Waals surface area contributed by atoms with Gasteiger partial charge in [-0.2, -0.15) is 0 Å². The lowest BCUT2D eigenvalue weighted by Crippen LogP contribution is -1.97. The number of nitrogens with zero attached hydrogens (tertiary/aromatic N) is 1. The van der Waals surface area contributed by atoms with Gasteiger partial charge in [-0.15, -0.1) is 0 Å². The second-order valence-corrected chi connectivity index (χ2v) is 4.47. The van der Waals surface area contributed by atoms with E-state index >= 15 is 0 Å². The quantitative estimate of drug-likeness (QED) is 0.624. The molecule has 108 valence electrons. The number of carbonyl (C=O) groups is 1. The number of allylic oxidation sites excluding steroid dienone is 1. The van der Waals surface area contributed by atoms with Crippen LogP contribution < -0.4 is 9.47 Å². The van der Waals surface area contributed by atoms with Crippen molar-refractivity contribution < 1.29 is 14.3 Å². The number of methoxy groups -OCH3 is 2. The smallest absolute Gasteiger partial charge is 0.185 e. The average molecular weight is 283 g/mol. The minimum absolute atomic E-state index is 0.0843. The topological polar surface area (TPSA) is 48.4 Å². The molecule has 0 fully saturated rings. The van der Waals surface area contributed by atoms with Crippen LogP contribution in [-0.4, -0.2) is 25.0 Å². The van der Waals surface area contributed by atoms with E-state index in [1.165, 1.54) is 6.08 Å². The molecular formula is C17H17NO3. The minimum atomic E-state index is -0.0843. The Labute approximate surface area is 124 Å². The molecule has 0 aliphatic heterocycles. The molecule has 2 aromatic rings. The third-order valence-corrected chi connectivity index (χ3v) is 3.13. The number of hydrogen-bond donors (Lipinski definition) is 0. The molecule has 0 atom stereocenters. The Kier molecular flexibility index (Phi) is 4.72. The largest absolute Gasteiger partial charge is 0.493 e. The lowest BCUT2D eigenvalue weighted by atomic mass is 10.1. The molecule has 0 N–H and O–H groups in total. The maximum Gasteiger partial charge on any atom is 0.185 e. The normalized spacial score (nSPS) is 10.6. The Morgan fingerprint density at radius 3 is 2.33 bits per heavy atom. The summed E-state index contributed by atoms with van der Waals surface area (Å²) in [4.78, 5) is 15.9. The van der Waals surface area contributed by atoms with Crippen LogP contribution in [0.1, 0.15) is 21.5 Å². The first-order chi connectivity index (χ1) is 10.2. The van der Waals surface area contributed by atoms with Crippen molar-refractivity contribution in [1.82, 2.24) is 4.98 Å². The van der Waals surface area contributed by atoms with Gasteiger partial charge in [0.15, 0.2) is 17.3 Å². The van der Waals surface area contributed by atoms with Crippen molar-refractivity contribution in [3.63, 3.8) is 0 Å². The zero-order chi connectivity index (χ0) is 15.2. The first-order valence-corrected chi connectivity index (χ1v) is 6.51. The molecule has 0 aliphatic rings. The SMILES string of the molecule is COc1c(C)ccc(C=CC(=O)c2ccncc2)c1OC. The Balaban J connectivity index is 2.31. The lowest BCUT2D eigenvalue weighted by molar-refractivity contribution is 0.104. The number of benzene rings is 1. The standard InChI is InChI=1S/C17H17NO3/c1-12-4-5-14(17(21-3)16(12)20-2)6-7-15(19)13-8-10-18-11-9-13/h4-11H,1-3H3. The zero-order valence-corrected chi connectivity index (χ0v) is 12.3. The van der Waals surface area contributed by atoms with Crippen molar-refractivity contribution in [2.24, 2.45) is 0 Å². The van der Waals surface area contributed by atoms with Crippen molar-refractivity contribution in [2.45, 2.75) is 6.92 Å². The summed E-state index contributed by atoms with van der Waals surface area (Å²) in [5.74, 6) is 1.21. The van der Waals surface area contributed by atoms with Crippen molar-refractivity contribution in [2.75, 3.05) is 14.2 Å². The fourth-order valence-electron chi connectivity index (χ4n) is 2.05. The molecule has 1 aromatic carbocycles. The Hall–Kier alpha value is -2.62. The van der Waals surface area contributed by atoms with Gasteiger partial charge in [-0.05, 0) is 36.8 Å². The Morgan fingerprint density at radius 2 is 1.71 bits per heavy atom. The number of hydrogen-bond acceptors (Lipinski definition) is 4. The number of ketones is 1. The van der Waals surface area contributed by atoms with E-state index in [4.69, 9.17) is 9.47 Å². The van der Waals surface area contributed by atoms with Gasteiger partial charge in [-0.3, -0.25) is 9.78 Å². The van der Waals surface area contributed by atoms with Crippen molar-refractivity contribution in [3.05, 3.63) is 59.4 Å². The lowest BCUT2D eigenvalue weighted by Gasteiger charge is -2.12. The van der Waals surface area contributed by atoms with E-state index in [9.17, 15) is 4.79 Å². The van der Waals surface area contributed by atoms with Crippen LogP contribution in [0.5, 0.6) is 11.5 Å². The summed E-state index contributed by atoms with van der Waals surface area (Å²) >= 11 is 0. The highest BCUT2D eigenvalue weighted by atomic mass is 16.5. The minimum Gasteiger partial charge on any atom is -0.493 e. The highest BCUT2D eigenvalue weighted by Gasteiger charge is 2.11. The van der Waals surface area contributed by atoms with Crippen LogP contribution in [0.3, 0.4) is 0 Å². The number of aromatic nitrogens is 1. The number of pyridine rings is 1. The van der Waals surface area contributed by atoms with E-state index in [-0.39, 0.29) is 5.78 Å². The third-order valence-electron chi connectivity index (χ3n) is 3.13. The first kappa shape index (κ1) is 14.8. The van der Waals surface area contributed by atoms with E-state index < -0.39 is 0 Å². The van der Waals surface area contributed by atoms with Gasteiger partial charge in [-0.1, -0.05) is 12.1 Å². The fourth-order valence-corrected chi connectivity index (χ4v) is 2.05. The summed E-state index contributed by atoms with van der Waals surface area (Å²) in [7, 11) is 3.18. The monoisotopic (exact) mass is 283 g/mol. The molecule has 0 spiro atoms. The van der Waals surface area contributed by atoms with E-state index in [0.29, 0.717) is 17.1 Å². The molecule has 2 rings (SSSR count). The molecule has 0 saturated carbocycles. The van der Waals surface area contributed by atoms with Crippen molar-refractivity contribution in [1.29, 1.82) is 0 Å². The Bertz CT molecular complexity index is 663. The van der Waals surface area contributed by atoms with Crippen LogP contribution in [0.15, 0.2) is 42.7 Å². The van der Waals surface area contributed by atoms with Gasteiger partial charge < -0.3 is 9.47 Å². The second kappa shape index (κ2) is 6.70. The van der Waals surface area contributed by atoms with Gasteiger partial charge in [-0.25, -0.2) is 0 Å². The molecule has 21 heavy (non-hydrogen) atoms. The molecular weight excluding hydrogens is 266 g/mol. The zero-order valence-electron chi connectivity index (χ0n) is 12.3. The molecule has 4 heteroatoms. The highest BCUT2D eigenvalue weighted by Crippen LogP contribution is 2.35. The van der Waals surface area contributed by atoms with Gasteiger partial charge >= 0.3 is 0 Å². The summed E-state index contributed by atoms with van der Waals surface area (Å²) in [5.41, 5.74) is 2.37. The molecule has 1 aromatic heterocycles. The summed E-state index contributed by atoms with van der Waals surface area (Å²) < 4.78 is 10.7. The predicted octanol–water partition coefficient (Wildman–Crippen LogP) is 3.30. The average Bonchev–Trinajstić information content (AvgIpc) is 2.53. The molecule has 4 nitrogen and oxygen atoms in total. The number of ether oxygens (including phenoxy) is 2. The summed E-state index contributed by atoms with van der Waals surface area (Å²) in [6.07, 6.45) is 6.43. The molecule has 0 amide bonds. The van der Waals surface area contributed by atoms with Crippen LogP contribution in [0.25, 0.3) is 6.08 Å². The molecule has 0 unspecified atom stereocenters. The number of rotatable bonds is 5. The van der Waals surface area contributed by atoms with Gasteiger partial charge in [0.1, 0.15) is 0 Å². The third kappa shape index (κ3) is 3.28. The second-order valence-electron chi connectivity index (χ2n) is 4.47. The van der Waals surface area contributed by atoms with Crippen LogP contribution in [0, 0.1) is 6.92 Å². The van der Waals surface area contributed by atoms with Crippen LogP contribution in [-0.2, 0) is 0 Å². The first-order valence-electron chi connectivity index (χ1n) is 6.51. The highest BCUT2D eigenvalue weighted by molar-refractivity contribution is 6.06. The number of aryl methyl sites for hydroxylation is 1. The van der Waals surface area contributed by atoms with Gasteiger partial charge in [0.25, 0.3) is 0 Å². The van der Waals surface area contributed by atoms with Crippen LogP contribution >= 0.6 is 0 Å². The van der Waals surface area contributed by atoms with Crippen LogP contribution in [0.2, 0.25) is 0 Å². The predicted molar refractivity (Wildman–Crippen MR) is 81.9 cm³/mol. The molecule has 0 aliphatic carbocycles. The summed E-state index contributed by atoms with van der Waals surface area (Å²) in [6.45, 7) is 1.94. The van der Waals surface area contributed by atoms with Gasteiger partial charge in [0.2, 0.25) is 0 Å². The van der Waals surface area contributed by atoms with Crippen LogP contribution in [0.4, 0.5) is 0 Å². The van der Waals surface area contributed by atoms with Crippen molar-refractivity contribution in [3.8, 4) is 11.5 Å². The van der Waals surface area contributed by atoms with Gasteiger partial charge in [0, 0.05) is 23.5 Å².